The highest BCUT2D eigenvalue weighted by atomic mass is 14.3. The molecule has 0 amide bonds. The van der Waals surface area contributed by atoms with Crippen LogP contribution in [-0.4, -0.2) is 0 Å². The van der Waals surface area contributed by atoms with Crippen LogP contribution in [0, 0.1) is 11.8 Å². The summed E-state index contributed by atoms with van der Waals surface area (Å²) in [4.78, 5) is 0. The Hall–Kier alpha value is -1.56. The summed E-state index contributed by atoms with van der Waals surface area (Å²) in [6.07, 6.45) is 14.0. The fourth-order valence-electron chi connectivity index (χ4n) is 5.68. The van der Waals surface area contributed by atoms with Crippen molar-refractivity contribution in [1.82, 2.24) is 0 Å². The first-order valence-corrected chi connectivity index (χ1v) is 11.9. The molecule has 2 aromatic carbocycles. The van der Waals surface area contributed by atoms with Gasteiger partial charge in [-0.3, -0.25) is 0 Å². The monoisotopic (exact) mass is 374 g/mol. The zero-order valence-corrected chi connectivity index (χ0v) is 18.0. The van der Waals surface area contributed by atoms with E-state index < -0.39 is 0 Å². The van der Waals surface area contributed by atoms with Gasteiger partial charge in [-0.15, -0.1) is 0 Å². The molecule has 0 atom stereocenters. The third-order valence-corrected chi connectivity index (χ3v) is 7.66. The van der Waals surface area contributed by atoms with E-state index in [9.17, 15) is 0 Å². The summed E-state index contributed by atoms with van der Waals surface area (Å²) in [5.74, 6) is 3.50. The number of benzene rings is 2. The Morgan fingerprint density at radius 1 is 0.607 bits per heavy atom. The topological polar surface area (TPSA) is 0 Å². The Balaban J connectivity index is 1.37. The highest BCUT2D eigenvalue weighted by Crippen LogP contribution is 2.39. The number of rotatable bonds is 5. The highest BCUT2D eigenvalue weighted by molar-refractivity contribution is 5.64. The lowest BCUT2D eigenvalue weighted by Crippen LogP contribution is -2.13. The van der Waals surface area contributed by atoms with Gasteiger partial charge in [0.2, 0.25) is 0 Å². The van der Waals surface area contributed by atoms with Crippen LogP contribution in [0.2, 0.25) is 0 Å². The average molecular weight is 375 g/mol. The molecule has 0 spiro atoms. The van der Waals surface area contributed by atoms with Crippen molar-refractivity contribution in [2.75, 3.05) is 0 Å². The molecule has 28 heavy (non-hydrogen) atoms. The zero-order valence-electron chi connectivity index (χ0n) is 18.0. The highest BCUT2D eigenvalue weighted by Gasteiger charge is 2.22. The predicted octanol–water partition coefficient (Wildman–Crippen LogP) is 8.72. The van der Waals surface area contributed by atoms with Crippen molar-refractivity contribution >= 4 is 0 Å². The normalized spacial score (nSPS) is 28.2. The van der Waals surface area contributed by atoms with Crippen molar-refractivity contribution in [2.24, 2.45) is 11.8 Å². The summed E-state index contributed by atoms with van der Waals surface area (Å²) < 4.78 is 0. The SMILES string of the molecule is CCC[C@H]1CC[C@H](c2ccc(-c3ccc([C@H]4CC[C@H](C)CC4)cc3)cc2)CC1. The Kier molecular flexibility index (Phi) is 6.55. The van der Waals surface area contributed by atoms with Crippen LogP contribution in [0.15, 0.2) is 48.5 Å². The number of hydrogen-bond donors (Lipinski definition) is 0. The van der Waals surface area contributed by atoms with Crippen LogP contribution < -0.4 is 0 Å². The molecular formula is C28H38. The molecule has 0 radical (unpaired) electrons. The van der Waals surface area contributed by atoms with Crippen molar-refractivity contribution in [2.45, 2.75) is 89.9 Å². The van der Waals surface area contributed by atoms with Crippen LogP contribution in [-0.2, 0) is 0 Å². The number of hydrogen-bond acceptors (Lipinski definition) is 0. The molecule has 0 nitrogen and oxygen atoms in total. The minimum absolute atomic E-state index is 0.787. The largest absolute Gasteiger partial charge is 0.0654 e. The second-order valence-corrected chi connectivity index (χ2v) is 9.71. The van der Waals surface area contributed by atoms with Gasteiger partial charge in [0.15, 0.2) is 0 Å². The lowest BCUT2D eigenvalue weighted by Gasteiger charge is -2.28. The van der Waals surface area contributed by atoms with Gasteiger partial charge in [-0.1, -0.05) is 88.1 Å². The summed E-state index contributed by atoms with van der Waals surface area (Å²) in [7, 11) is 0. The Morgan fingerprint density at radius 3 is 1.46 bits per heavy atom. The second kappa shape index (κ2) is 9.29. The van der Waals surface area contributed by atoms with Gasteiger partial charge in [0.05, 0.1) is 0 Å². The Morgan fingerprint density at radius 2 is 1.04 bits per heavy atom. The van der Waals surface area contributed by atoms with E-state index in [0.29, 0.717) is 0 Å². The van der Waals surface area contributed by atoms with Crippen molar-refractivity contribution in [3.05, 3.63) is 59.7 Å². The zero-order chi connectivity index (χ0) is 19.3. The van der Waals surface area contributed by atoms with E-state index in [-0.39, 0.29) is 0 Å². The maximum atomic E-state index is 2.40. The molecule has 0 bridgehead atoms. The van der Waals surface area contributed by atoms with E-state index in [4.69, 9.17) is 0 Å². The van der Waals surface area contributed by atoms with E-state index in [2.05, 4.69) is 62.4 Å². The third-order valence-electron chi connectivity index (χ3n) is 7.66. The summed E-state index contributed by atoms with van der Waals surface area (Å²) >= 11 is 0. The first kappa shape index (κ1) is 19.7. The van der Waals surface area contributed by atoms with Gasteiger partial charge in [0.1, 0.15) is 0 Å². The van der Waals surface area contributed by atoms with Gasteiger partial charge in [0.25, 0.3) is 0 Å². The molecule has 0 heterocycles. The van der Waals surface area contributed by atoms with E-state index in [1.807, 2.05) is 0 Å². The Bertz CT molecular complexity index is 708. The maximum Gasteiger partial charge on any atom is -0.0162 e. The van der Waals surface area contributed by atoms with Crippen LogP contribution in [0.25, 0.3) is 11.1 Å². The van der Waals surface area contributed by atoms with Crippen molar-refractivity contribution in [1.29, 1.82) is 0 Å². The summed E-state index contributed by atoms with van der Waals surface area (Å²) in [6, 6.07) is 19.0. The lowest BCUT2D eigenvalue weighted by atomic mass is 9.77. The fraction of sp³-hybridized carbons (Fsp3) is 0.571. The van der Waals surface area contributed by atoms with Crippen molar-refractivity contribution in [3.63, 3.8) is 0 Å². The lowest BCUT2D eigenvalue weighted by molar-refractivity contribution is 0.308. The molecule has 4 rings (SSSR count). The van der Waals surface area contributed by atoms with Crippen LogP contribution in [0.1, 0.15) is 101 Å². The van der Waals surface area contributed by atoms with Crippen LogP contribution >= 0.6 is 0 Å². The van der Waals surface area contributed by atoms with Gasteiger partial charge in [0, 0.05) is 0 Å². The molecule has 0 aliphatic heterocycles. The van der Waals surface area contributed by atoms with E-state index >= 15 is 0 Å². The maximum absolute atomic E-state index is 2.40. The molecule has 2 aliphatic carbocycles. The smallest absolute Gasteiger partial charge is 0.0162 e. The second-order valence-electron chi connectivity index (χ2n) is 9.71. The van der Waals surface area contributed by atoms with E-state index in [1.165, 1.54) is 75.3 Å². The van der Waals surface area contributed by atoms with Crippen molar-refractivity contribution < 1.29 is 0 Å². The Labute approximate surface area is 172 Å². The molecule has 0 heteroatoms. The molecule has 2 aliphatic rings. The van der Waals surface area contributed by atoms with Crippen molar-refractivity contribution in [3.8, 4) is 11.1 Å². The van der Waals surface area contributed by atoms with E-state index in [1.54, 1.807) is 11.1 Å². The molecule has 150 valence electrons. The van der Waals surface area contributed by atoms with Crippen LogP contribution in [0.4, 0.5) is 0 Å². The molecule has 2 saturated carbocycles. The molecule has 0 saturated heterocycles. The van der Waals surface area contributed by atoms with E-state index in [0.717, 1.165) is 23.7 Å². The van der Waals surface area contributed by atoms with Crippen LogP contribution in [0.3, 0.4) is 0 Å². The average Bonchev–Trinajstić information content (AvgIpc) is 2.75. The molecule has 0 unspecified atom stereocenters. The van der Waals surface area contributed by atoms with Gasteiger partial charge < -0.3 is 0 Å². The molecule has 2 aromatic rings. The molecule has 0 N–H and O–H groups in total. The molecule has 0 aromatic heterocycles. The van der Waals surface area contributed by atoms with Gasteiger partial charge in [-0.25, -0.2) is 0 Å². The van der Waals surface area contributed by atoms with Gasteiger partial charge in [-0.2, -0.15) is 0 Å². The summed E-state index contributed by atoms with van der Waals surface area (Å²) in [5.41, 5.74) is 5.85. The summed E-state index contributed by atoms with van der Waals surface area (Å²) in [5, 5.41) is 0. The quantitative estimate of drug-likeness (QED) is 0.491. The third kappa shape index (κ3) is 4.70. The molecular weight excluding hydrogens is 336 g/mol. The first-order valence-electron chi connectivity index (χ1n) is 11.9. The van der Waals surface area contributed by atoms with Gasteiger partial charge >= 0.3 is 0 Å². The molecule has 2 fully saturated rings. The van der Waals surface area contributed by atoms with Gasteiger partial charge in [-0.05, 0) is 84.5 Å². The standard InChI is InChI=1S/C28H38/c1-3-4-22-7-11-24(12-8-22)26-15-19-28(20-16-26)27-17-13-25(14-18-27)23-9-5-21(2)6-10-23/h13-24H,3-12H2,1-2H3/t21-,22-,23-,24-. The fourth-order valence-corrected chi connectivity index (χ4v) is 5.68. The summed E-state index contributed by atoms with van der Waals surface area (Å²) in [6.45, 7) is 4.73. The predicted molar refractivity (Wildman–Crippen MR) is 122 cm³/mol. The minimum Gasteiger partial charge on any atom is -0.0654 e. The first-order chi connectivity index (χ1) is 13.7. The van der Waals surface area contributed by atoms with Crippen LogP contribution in [0.5, 0.6) is 0 Å². The minimum atomic E-state index is 0.787.